The monoisotopic (exact) mass is 359 g/mol. The predicted octanol–water partition coefficient (Wildman–Crippen LogP) is 3.01. The minimum absolute atomic E-state index is 0.274. The molecule has 1 aliphatic rings. The number of hydrazone groups is 1. The molecule has 1 aromatic heterocycles. The first kappa shape index (κ1) is 17.0. The van der Waals surface area contributed by atoms with Gasteiger partial charge in [0.2, 0.25) is 0 Å². The van der Waals surface area contributed by atoms with Crippen molar-refractivity contribution in [2.24, 2.45) is 5.10 Å². The quantitative estimate of drug-likeness (QED) is 0.555. The maximum absolute atomic E-state index is 12.5. The first-order valence-electron chi connectivity index (χ1n) is 8.90. The molecule has 0 spiro atoms. The van der Waals surface area contributed by atoms with Crippen molar-refractivity contribution < 1.29 is 4.79 Å². The van der Waals surface area contributed by atoms with Crippen molar-refractivity contribution in [3.63, 3.8) is 0 Å². The number of benzene rings is 2. The van der Waals surface area contributed by atoms with Gasteiger partial charge in [-0.25, -0.2) is 5.43 Å². The molecule has 0 aliphatic heterocycles. The molecule has 0 atom stereocenters. The van der Waals surface area contributed by atoms with Crippen molar-refractivity contribution in [2.75, 3.05) is 19.0 Å². The number of aromatic amines is 1. The van der Waals surface area contributed by atoms with Gasteiger partial charge in [-0.2, -0.15) is 10.2 Å². The zero-order valence-electron chi connectivity index (χ0n) is 15.4. The van der Waals surface area contributed by atoms with Crippen LogP contribution in [0.5, 0.6) is 0 Å². The lowest BCUT2D eigenvalue weighted by Crippen LogP contribution is -2.20. The Balaban J connectivity index is 1.48. The standard InChI is InChI=1S/C21H21N5O/c1-26(2)16-10-7-14(8-11-16)13-22-25-21(27)20-18-12-9-15-5-3-4-6-17(15)19(18)23-24-20/h3-8,10-11,13H,9,12H2,1-2H3,(H,23,24)(H,25,27)/b22-13+. The van der Waals surface area contributed by atoms with E-state index in [1.165, 1.54) is 5.56 Å². The molecule has 0 fully saturated rings. The fourth-order valence-corrected chi connectivity index (χ4v) is 3.33. The summed E-state index contributed by atoms with van der Waals surface area (Å²) >= 11 is 0. The summed E-state index contributed by atoms with van der Waals surface area (Å²) in [5, 5.41) is 11.3. The Labute approximate surface area is 157 Å². The summed E-state index contributed by atoms with van der Waals surface area (Å²) in [4.78, 5) is 14.6. The van der Waals surface area contributed by atoms with Crippen LogP contribution in [0.2, 0.25) is 0 Å². The molecule has 1 heterocycles. The lowest BCUT2D eigenvalue weighted by Gasteiger charge is -2.15. The van der Waals surface area contributed by atoms with Crippen LogP contribution in [0, 0.1) is 0 Å². The van der Waals surface area contributed by atoms with E-state index in [1.54, 1.807) is 6.21 Å². The Morgan fingerprint density at radius 3 is 2.70 bits per heavy atom. The van der Waals surface area contributed by atoms with Gasteiger partial charge in [0.15, 0.2) is 0 Å². The molecular weight excluding hydrogens is 338 g/mol. The van der Waals surface area contributed by atoms with Gasteiger partial charge in [-0.1, -0.05) is 36.4 Å². The van der Waals surface area contributed by atoms with Gasteiger partial charge < -0.3 is 4.90 Å². The Bertz CT molecular complexity index is 1000. The normalized spacial score (nSPS) is 12.5. The molecule has 0 bridgehead atoms. The number of nitrogens with zero attached hydrogens (tertiary/aromatic N) is 3. The molecule has 0 saturated carbocycles. The van der Waals surface area contributed by atoms with E-state index in [2.05, 4.69) is 26.8 Å². The van der Waals surface area contributed by atoms with Gasteiger partial charge >= 0.3 is 0 Å². The number of aromatic nitrogens is 2. The predicted molar refractivity (Wildman–Crippen MR) is 107 cm³/mol. The third-order valence-electron chi connectivity index (χ3n) is 4.80. The fourth-order valence-electron chi connectivity index (χ4n) is 3.33. The van der Waals surface area contributed by atoms with E-state index in [0.717, 1.165) is 40.9 Å². The number of anilines is 1. The van der Waals surface area contributed by atoms with Gasteiger partial charge in [-0.05, 0) is 36.1 Å². The van der Waals surface area contributed by atoms with Gasteiger partial charge in [0.1, 0.15) is 5.69 Å². The van der Waals surface area contributed by atoms with Crippen molar-refractivity contribution in [3.05, 3.63) is 70.9 Å². The molecule has 27 heavy (non-hydrogen) atoms. The van der Waals surface area contributed by atoms with Crippen molar-refractivity contribution >= 4 is 17.8 Å². The lowest BCUT2D eigenvalue weighted by atomic mass is 9.89. The second kappa shape index (κ2) is 7.07. The van der Waals surface area contributed by atoms with E-state index in [-0.39, 0.29) is 5.91 Å². The Hall–Kier alpha value is -3.41. The van der Waals surface area contributed by atoms with Gasteiger partial charge in [0, 0.05) is 30.9 Å². The smallest absolute Gasteiger partial charge is 0.289 e. The number of fused-ring (bicyclic) bond motifs is 3. The third-order valence-corrected chi connectivity index (χ3v) is 4.80. The van der Waals surface area contributed by atoms with Crippen molar-refractivity contribution in [3.8, 4) is 11.3 Å². The van der Waals surface area contributed by atoms with E-state index >= 15 is 0 Å². The highest BCUT2D eigenvalue weighted by molar-refractivity contribution is 5.96. The largest absolute Gasteiger partial charge is 0.378 e. The molecule has 0 radical (unpaired) electrons. The van der Waals surface area contributed by atoms with Crippen LogP contribution < -0.4 is 10.3 Å². The van der Waals surface area contributed by atoms with Crippen LogP contribution in [0.4, 0.5) is 5.69 Å². The van der Waals surface area contributed by atoms with Crippen LogP contribution in [0.15, 0.2) is 53.6 Å². The van der Waals surface area contributed by atoms with Gasteiger partial charge in [-0.15, -0.1) is 0 Å². The molecule has 0 unspecified atom stereocenters. The summed E-state index contributed by atoms with van der Waals surface area (Å²) < 4.78 is 0. The number of nitrogens with one attached hydrogen (secondary N) is 2. The number of carbonyl (C=O) groups excluding carboxylic acids is 1. The molecule has 4 rings (SSSR count). The molecule has 1 aliphatic carbocycles. The number of aryl methyl sites for hydroxylation is 1. The second-order valence-electron chi connectivity index (χ2n) is 6.77. The summed E-state index contributed by atoms with van der Waals surface area (Å²) in [6.45, 7) is 0. The van der Waals surface area contributed by atoms with Gasteiger partial charge in [0.25, 0.3) is 5.91 Å². The number of carbonyl (C=O) groups is 1. The number of rotatable bonds is 4. The Morgan fingerprint density at radius 1 is 1.15 bits per heavy atom. The second-order valence-corrected chi connectivity index (χ2v) is 6.77. The highest BCUT2D eigenvalue weighted by Crippen LogP contribution is 2.33. The summed E-state index contributed by atoms with van der Waals surface area (Å²) in [6.07, 6.45) is 3.33. The highest BCUT2D eigenvalue weighted by atomic mass is 16.2. The average molecular weight is 359 g/mol. The van der Waals surface area contributed by atoms with E-state index < -0.39 is 0 Å². The van der Waals surface area contributed by atoms with Crippen LogP contribution in [-0.2, 0) is 12.8 Å². The SMILES string of the molecule is CN(C)c1ccc(/C=N/NC(=O)c2[nH]nc3c2CCc2ccccc2-3)cc1. The zero-order chi connectivity index (χ0) is 18.8. The molecule has 2 aromatic carbocycles. The summed E-state index contributed by atoms with van der Waals surface area (Å²) in [5.41, 5.74) is 9.29. The minimum atomic E-state index is -0.274. The highest BCUT2D eigenvalue weighted by Gasteiger charge is 2.24. The first-order valence-corrected chi connectivity index (χ1v) is 8.90. The zero-order valence-corrected chi connectivity index (χ0v) is 15.4. The van der Waals surface area contributed by atoms with E-state index in [9.17, 15) is 4.79 Å². The molecule has 2 N–H and O–H groups in total. The number of hydrogen-bond acceptors (Lipinski definition) is 4. The maximum atomic E-state index is 12.5. The maximum Gasteiger partial charge on any atom is 0.289 e. The van der Waals surface area contributed by atoms with Crippen LogP contribution in [0.25, 0.3) is 11.3 Å². The molecular formula is C21H21N5O. The fraction of sp³-hybridized carbons (Fsp3) is 0.190. The summed E-state index contributed by atoms with van der Waals surface area (Å²) in [5.74, 6) is -0.274. The molecule has 1 amide bonds. The van der Waals surface area contributed by atoms with Crippen LogP contribution >= 0.6 is 0 Å². The molecule has 3 aromatic rings. The number of hydrogen-bond donors (Lipinski definition) is 2. The summed E-state index contributed by atoms with van der Waals surface area (Å²) in [7, 11) is 3.99. The average Bonchev–Trinajstić information content (AvgIpc) is 3.13. The molecule has 0 saturated heterocycles. The van der Waals surface area contributed by atoms with Gasteiger partial charge in [-0.3, -0.25) is 9.89 Å². The lowest BCUT2D eigenvalue weighted by molar-refractivity contribution is 0.0949. The van der Waals surface area contributed by atoms with Gasteiger partial charge in [0.05, 0.1) is 11.9 Å². The summed E-state index contributed by atoms with van der Waals surface area (Å²) in [6, 6.07) is 16.1. The molecule has 136 valence electrons. The number of amides is 1. The van der Waals surface area contributed by atoms with Crippen LogP contribution in [-0.4, -0.2) is 36.4 Å². The van der Waals surface area contributed by atoms with Crippen molar-refractivity contribution in [1.82, 2.24) is 15.6 Å². The topological polar surface area (TPSA) is 73.4 Å². The van der Waals surface area contributed by atoms with E-state index in [0.29, 0.717) is 5.69 Å². The van der Waals surface area contributed by atoms with Crippen LogP contribution in [0.3, 0.4) is 0 Å². The van der Waals surface area contributed by atoms with E-state index in [1.807, 2.05) is 61.5 Å². The molecule has 6 heteroatoms. The minimum Gasteiger partial charge on any atom is -0.378 e. The third kappa shape index (κ3) is 3.33. The Morgan fingerprint density at radius 2 is 1.93 bits per heavy atom. The van der Waals surface area contributed by atoms with Crippen LogP contribution in [0.1, 0.15) is 27.2 Å². The van der Waals surface area contributed by atoms with E-state index in [4.69, 9.17) is 0 Å². The molecule has 6 nitrogen and oxygen atoms in total. The first-order chi connectivity index (χ1) is 13.1. The van der Waals surface area contributed by atoms with Crippen molar-refractivity contribution in [2.45, 2.75) is 12.8 Å². The Kier molecular flexibility index (Phi) is 4.46. The van der Waals surface area contributed by atoms with Crippen molar-refractivity contribution in [1.29, 1.82) is 0 Å². The number of H-pyrrole nitrogens is 1.